The first kappa shape index (κ1) is 13.3. The third-order valence-electron chi connectivity index (χ3n) is 2.80. The first-order valence-corrected chi connectivity index (χ1v) is 6.03. The van der Waals surface area contributed by atoms with Crippen LogP contribution in [0.15, 0.2) is 22.6 Å². The molecule has 1 aromatic carbocycles. The number of aromatic nitrogens is 1. The highest BCUT2D eigenvalue weighted by Crippen LogP contribution is 2.26. The van der Waals surface area contributed by atoms with Gasteiger partial charge in [-0.25, -0.2) is 14.2 Å². The Morgan fingerprint density at radius 3 is 2.84 bits per heavy atom. The van der Waals surface area contributed by atoms with Crippen molar-refractivity contribution in [1.29, 1.82) is 0 Å². The van der Waals surface area contributed by atoms with Crippen LogP contribution in [0, 0.1) is 12.7 Å². The first-order chi connectivity index (χ1) is 9.04. The van der Waals surface area contributed by atoms with Crippen LogP contribution >= 0.6 is 0 Å². The maximum Gasteiger partial charge on any atom is 0.373 e. The van der Waals surface area contributed by atoms with Crippen LogP contribution in [0.5, 0.6) is 0 Å². The standard InChI is InChI=1S/C14H14FNO3/c1-3-5-10-12(14(17)18)19-13(16-10)9-7-4-6-8(2)11(9)15/h4,6-7H,3,5H2,1-2H3,(H,17,18). The zero-order valence-electron chi connectivity index (χ0n) is 10.7. The van der Waals surface area contributed by atoms with Gasteiger partial charge < -0.3 is 9.52 Å². The van der Waals surface area contributed by atoms with Gasteiger partial charge in [0, 0.05) is 0 Å². The predicted molar refractivity (Wildman–Crippen MR) is 67.6 cm³/mol. The molecular weight excluding hydrogens is 249 g/mol. The van der Waals surface area contributed by atoms with Crippen molar-refractivity contribution < 1.29 is 18.7 Å². The van der Waals surface area contributed by atoms with Crippen LogP contribution in [-0.2, 0) is 6.42 Å². The van der Waals surface area contributed by atoms with Crippen LogP contribution in [0.2, 0.25) is 0 Å². The highest BCUT2D eigenvalue weighted by Gasteiger charge is 2.21. The monoisotopic (exact) mass is 263 g/mol. The van der Waals surface area contributed by atoms with Crippen molar-refractivity contribution >= 4 is 5.97 Å². The molecule has 0 atom stereocenters. The molecule has 0 bridgehead atoms. The van der Waals surface area contributed by atoms with Gasteiger partial charge in [-0.05, 0) is 25.0 Å². The number of hydrogen-bond donors (Lipinski definition) is 1. The molecule has 1 heterocycles. The number of nitrogens with zero attached hydrogens (tertiary/aromatic N) is 1. The fraction of sp³-hybridized carbons (Fsp3) is 0.286. The van der Waals surface area contributed by atoms with Gasteiger partial charge in [-0.15, -0.1) is 0 Å². The van der Waals surface area contributed by atoms with E-state index >= 15 is 0 Å². The fourth-order valence-corrected chi connectivity index (χ4v) is 1.85. The molecule has 0 aliphatic carbocycles. The fourth-order valence-electron chi connectivity index (χ4n) is 1.85. The Labute approximate surface area is 109 Å². The van der Waals surface area contributed by atoms with Crippen molar-refractivity contribution in [2.45, 2.75) is 26.7 Å². The van der Waals surface area contributed by atoms with E-state index in [2.05, 4.69) is 4.98 Å². The van der Waals surface area contributed by atoms with Crippen molar-refractivity contribution in [3.63, 3.8) is 0 Å². The number of halogens is 1. The molecule has 0 unspecified atom stereocenters. The Kier molecular flexibility index (Phi) is 3.64. The van der Waals surface area contributed by atoms with Crippen LogP contribution in [0.1, 0.15) is 35.2 Å². The van der Waals surface area contributed by atoms with Crippen LogP contribution in [0.25, 0.3) is 11.5 Å². The van der Waals surface area contributed by atoms with E-state index in [1.54, 1.807) is 19.1 Å². The second kappa shape index (κ2) is 5.22. The molecule has 4 nitrogen and oxygen atoms in total. The number of aromatic carboxylic acids is 1. The van der Waals surface area contributed by atoms with Gasteiger partial charge >= 0.3 is 5.97 Å². The molecule has 0 radical (unpaired) electrons. The normalized spacial score (nSPS) is 10.7. The van der Waals surface area contributed by atoms with Crippen LogP contribution < -0.4 is 0 Å². The Hall–Kier alpha value is -2.17. The molecule has 5 heteroatoms. The molecule has 0 fully saturated rings. The number of benzene rings is 1. The van der Waals surface area contributed by atoms with Crippen molar-refractivity contribution in [3.05, 3.63) is 41.0 Å². The topological polar surface area (TPSA) is 63.3 Å². The van der Waals surface area contributed by atoms with Gasteiger partial charge in [0.05, 0.1) is 11.3 Å². The molecular formula is C14H14FNO3. The third kappa shape index (κ3) is 2.50. The van der Waals surface area contributed by atoms with E-state index in [0.717, 1.165) is 6.42 Å². The summed E-state index contributed by atoms with van der Waals surface area (Å²) in [6, 6.07) is 4.83. The average Bonchev–Trinajstić information content (AvgIpc) is 2.77. The first-order valence-electron chi connectivity index (χ1n) is 6.03. The molecule has 0 aliphatic rings. The van der Waals surface area contributed by atoms with E-state index in [-0.39, 0.29) is 17.2 Å². The third-order valence-corrected chi connectivity index (χ3v) is 2.80. The van der Waals surface area contributed by atoms with Crippen molar-refractivity contribution in [2.75, 3.05) is 0 Å². The Morgan fingerprint density at radius 2 is 2.21 bits per heavy atom. The average molecular weight is 263 g/mol. The number of rotatable bonds is 4. The van der Waals surface area contributed by atoms with E-state index in [1.165, 1.54) is 6.07 Å². The maximum atomic E-state index is 14.0. The lowest BCUT2D eigenvalue weighted by Gasteiger charge is -2.00. The van der Waals surface area contributed by atoms with Gasteiger partial charge in [-0.2, -0.15) is 0 Å². The number of aryl methyl sites for hydroxylation is 2. The minimum Gasteiger partial charge on any atom is -0.475 e. The quantitative estimate of drug-likeness (QED) is 0.917. The lowest BCUT2D eigenvalue weighted by Crippen LogP contribution is -1.99. The van der Waals surface area contributed by atoms with Crippen molar-refractivity contribution in [3.8, 4) is 11.5 Å². The van der Waals surface area contributed by atoms with E-state index in [1.807, 2.05) is 6.92 Å². The van der Waals surface area contributed by atoms with E-state index < -0.39 is 11.8 Å². The Morgan fingerprint density at radius 1 is 1.47 bits per heavy atom. The van der Waals surface area contributed by atoms with E-state index in [4.69, 9.17) is 9.52 Å². The van der Waals surface area contributed by atoms with E-state index in [0.29, 0.717) is 17.7 Å². The lowest BCUT2D eigenvalue weighted by atomic mass is 10.1. The minimum atomic E-state index is -1.18. The SMILES string of the molecule is CCCc1nc(-c2cccc(C)c2F)oc1C(=O)O. The number of hydrogen-bond acceptors (Lipinski definition) is 3. The van der Waals surface area contributed by atoms with Crippen molar-refractivity contribution in [1.82, 2.24) is 4.98 Å². The smallest absolute Gasteiger partial charge is 0.373 e. The molecule has 2 aromatic rings. The summed E-state index contributed by atoms with van der Waals surface area (Å²) in [4.78, 5) is 15.2. The van der Waals surface area contributed by atoms with Gasteiger partial charge in [0.15, 0.2) is 0 Å². The van der Waals surface area contributed by atoms with Crippen LogP contribution in [0.3, 0.4) is 0 Å². The zero-order chi connectivity index (χ0) is 14.0. The molecule has 1 aromatic heterocycles. The molecule has 1 N–H and O–H groups in total. The second-order valence-corrected chi connectivity index (χ2v) is 4.29. The van der Waals surface area contributed by atoms with Gasteiger partial charge in [0.1, 0.15) is 5.82 Å². The summed E-state index contributed by atoms with van der Waals surface area (Å²) in [7, 11) is 0. The van der Waals surface area contributed by atoms with Gasteiger partial charge in [0.25, 0.3) is 0 Å². The molecule has 0 saturated heterocycles. The number of carboxylic acids is 1. The largest absolute Gasteiger partial charge is 0.475 e. The van der Waals surface area contributed by atoms with Crippen LogP contribution in [-0.4, -0.2) is 16.1 Å². The summed E-state index contributed by atoms with van der Waals surface area (Å²) in [5, 5.41) is 9.05. The number of oxazole rings is 1. The van der Waals surface area contributed by atoms with Crippen LogP contribution in [0.4, 0.5) is 4.39 Å². The maximum absolute atomic E-state index is 14.0. The Bertz CT molecular complexity index is 619. The van der Waals surface area contributed by atoms with Gasteiger partial charge in [0.2, 0.25) is 11.7 Å². The highest BCUT2D eigenvalue weighted by atomic mass is 19.1. The summed E-state index contributed by atoms with van der Waals surface area (Å²) >= 11 is 0. The zero-order valence-corrected chi connectivity index (χ0v) is 10.7. The Balaban J connectivity index is 2.54. The van der Waals surface area contributed by atoms with E-state index in [9.17, 15) is 9.18 Å². The minimum absolute atomic E-state index is 0.0158. The summed E-state index contributed by atoms with van der Waals surface area (Å²) in [6.45, 7) is 3.54. The van der Waals surface area contributed by atoms with Crippen molar-refractivity contribution in [2.24, 2.45) is 0 Å². The summed E-state index contributed by atoms with van der Waals surface area (Å²) < 4.78 is 19.2. The summed E-state index contributed by atoms with van der Waals surface area (Å²) in [5.41, 5.74) is 1.00. The van der Waals surface area contributed by atoms with Gasteiger partial charge in [-0.1, -0.05) is 25.5 Å². The molecule has 0 saturated carbocycles. The lowest BCUT2D eigenvalue weighted by molar-refractivity contribution is 0.0661. The predicted octanol–water partition coefficient (Wildman–Crippen LogP) is 3.44. The van der Waals surface area contributed by atoms with Gasteiger partial charge in [-0.3, -0.25) is 0 Å². The number of carboxylic acid groups (broad SMARTS) is 1. The molecule has 2 rings (SSSR count). The molecule has 0 spiro atoms. The second-order valence-electron chi connectivity index (χ2n) is 4.29. The molecule has 0 amide bonds. The molecule has 0 aliphatic heterocycles. The highest BCUT2D eigenvalue weighted by molar-refractivity contribution is 5.86. The summed E-state index contributed by atoms with van der Waals surface area (Å²) in [5.74, 6) is -1.82. The number of carbonyl (C=O) groups is 1. The molecule has 100 valence electrons. The molecule has 19 heavy (non-hydrogen) atoms. The summed E-state index contributed by atoms with van der Waals surface area (Å²) in [6.07, 6.45) is 1.22.